The maximum absolute atomic E-state index is 12.8. The number of carboxylic acids is 1. The zero-order chi connectivity index (χ0) is 20.3. The number of anilines is 1. The topological polar surface area (TPSA) is 114 Å². The van der Waals surface area contributed by atoms with Crippen molar-refractivity contribution in [2.75, 3.05) is 19.0 Å². The molecule has 8 heteroatoms. The number of hydrogen-bond acceptors (Lipinski definition) is 5. The molecule has 1 heterocycles. The number of methoxy groups -OCH3 is 1. The number of benzene rings is 2. The minimum absolute atomic E-state index is 0.126. The molecule has 0 saturated carbocycles. The first-order valence-electron chi connectivity index (χ1n) is 8.56. The fourth-order valence-electron chi connectivity index (χ4n) is 3.03. The molecule has 2 amide bonds. The van der Waals surface area contributed by atoms with Crippen LogP contribution in [0.5, 0.6) is 11.5 Å². The summed E-state index contributed by atoms with van der Waals surface area (Å²) in [6.07, 6.45) is -0.316. The average molecular weight is 384 g/mol. The molecule has 0 spiro atoms. The summed E-state index contributed by atoms with van der Waals surface area (Å²) < 4.78 is 10.5. The van der Waals surface area contributed by atoms with Gasteiger partial charge in [0.05, 0.1) is 24.8 Å². The van der Waals surface area contributed by atoms with E-state index in [9.17, 15) is 19.5 Å². The molecule has 8 nitrogen and oxygen atoms in total. The summed E-state index contributed by atoms with van der Waals surface area (Å²) in [5, 5.41) is 14.8. The maximum atomic E-state index is 12.8. The fraction of sp³-hybridized carbons (Fsp3) is 0.250. The molecule has 28 heavy (non-hydrogen) atoms. The summed E-state index contributed by atoms with van der Waals surface area (Å²) in [6.45, 7) is 1.52. The van der Waals surface area contributed by atoms with Gasteiger partial charge in [-0.1, -0.05) is 12.1 Å². The normalized spacial score (nSPS) is 14.7. The predicted molar refractivity (Wildman–Crippen MR) is 101 cm³/mol. The Morgan fingerprint density at radius 3 is 2.79 bits per heavy atom. The molecule has 1 unspecified atom stereocenters. The smallest absolute Gasteiger partial charge is 0.306 e. The number of nitrogens with one attached hydrogen (secondary N) is 2. The van der Waals surface area contributed by atoms with E-state index >= 15 is 0 Å². The molecule has 0 radical (unpaired) electrons. The van der Waals surface area contributed by atoms with Gasteiger partial charge in [-0.05, 0) is 42.8 Å². The third-order valence-corrected chi connectivity index (χ3v) is 4.48. The standard InChI is InChI=1S/C20H20N2O6/c1-20(10-18(24)25,13-4-3-5-14(9-13)27-2)22-19(26)12-6-7-15-16(8-12)28-11-17(23)21-15/h3-9H,10-11H2,1-2H3,(H,21,23)(H,22,26)(H,24,25). The Kier molecular flexibility index (Phi) is 5.21. The van der Waals surface area contributed by atoms with Gasteiger partial charge in [0.25, 0.3) is 11.8 Å². The third kappa shape index (κ3) is 4.06. The number of carboxylic acid groups (broad SMARTS) is 1. The van der Waals surface area contributed by atoms with Gasteiger partial charge in [-0.2, -0.15) is 0 Å². The summed E-state index contributed by atoms with van der Waals surface area (Å²) >= 11 is 0. The van der Waals surface area contributed by atoms with E-state index in [1.165, 1.54) is 19.2 Å². The molecule has 0 aromatic heterocycles. The Hall–Kier alpha value is -3.55. The Labute approximate surface area is 161 Å². The van der Waals surface area contributed by atoms with E-state index in [0.29, 0.717) is 22.7 Å². The van der Waals surface area contributed by atoms with Crippen molar-refractivity contribution >= 4 is 23.5 Å². The lowest BCUT2D eigenvalue weighted by atomic mass is 9.88. The number of carbonyl (C=O) groups is 3. The second kappa shape index (κ2) is 7.59. The Bertz CT molecular complexity index is 942. The van der Waals surface area contributed by atoms with E-state index in [1.54, 1.807) is 37.3 Å². The highest BCUT2D eigenvalue weighted by atomic mass is 16.5. The van der Waals surface area contributed by atoms with E-state index in [1.807, 2.05) is 0 Å². The molecule has 0 bridgehead atoms. The van der Waals surface area contributed by atoms with Gasteiger partial charge in [-0.15, -0.1) is 0 Å². The van der Waals surface area contributed by atoms with Crippen molar-refractivity contribution in [2.24, 2.45) is 0 Å². The maximum Gasteiger partial charge on any atom is 0.306 e. The number of ether oxygens (including phenoxy) is 2. The van der Waals surface area contributed by atoms with Crippen LogP contribution in [0, 0.1) is 0 Å². The highest BCUT2D eigenvalue weighted by Crippen LogP contribution is 2.31. The molecular weight excluding hydrogens is 364 g/mol. The molecule has 146 valence electrons. The second-order valence-electron chi connectivity index (χ2n) is 6.64. The zero-order valence-corrected chi connectivity index (χ0v) is 15.4. The van der Waals surface area contributed by atoms with Crippen molar-refractivity contribution < 1.29 is 29.0 Å². The lowest BCUT2D eigenvalue weighted by molar-refractivity contribution is -0.138. The largest absolute Gasteiger partial charge is 0.497 e. The van der Waals surface area contributed by atoms with Crippen molar-refractivity contribution in [1.29, 1.82) is 0 Å². The quantitative estimate of drug-likeness (QED) is 0.703. The van der Waals surface area contributed by atoms with Crippen molar-refractivity contribution in [1.82, 2.24) is 5.32 Å². The van der Waals surface area contributed by atoms with Crippen LogP contribution in [0.4, 0.5) is 5.69 Å². The summed E-state index contributed by atoms with van der Waals surface area (Å²) in [4.78, 5) is 35.6. The fourth-order valence-corrected chi connectivity index (χ4v) is 3.03. The first-order chi connectivity index (χ1) is 13.3. The van der Waals surface area contributed by atoms with Crippen molar-refractivity contribution in [3.8, 4) is 11.5 Å². The molecule has 1 atom stereocenters. The van der Waals surface area contributed by atoms with Crippen molar-refractivity contribution in [2.45, 2.75) is 18.9 Å². The molecular formula is C20H20N2O6. The number of carbonyl (C=O) groups excluding carboxylic acids is 2. The van der Waals surface area contributed by atoms with Gasteiger partial charge in [0.2, 0.25) is 0 Å². The number of hydrogen-bond donors (Lipinski definition) is 3. The molecule has 2 aromatic rings. The van der Waals surface area contributed by atoms with Gasteiger partial charge >= 0.3 is 5.97 Å². The monoisotopic (exact) mass is 384 g/mol. The Balaban J connectivity index is 1.89. The molecule has 1 aliphatic heterocycles. The number of amides is 2. The summed E-state index contributed by atoms with van der Waals surface area (Å²) in [7, 11) is 1.51. The van der Waals surface area contributed by atoms with Crippen molar-refractivity contribution in [3.05, 3.63) is 53.6 Å². The highest BCUT2D eigenvalue weighted by Gasteiger charge is 2.32. The van der Waals surface area contributed by atoms with E-state index in [0.717, 1.165) is 0 Å². The molecule has 1 aliphatic rings. The van der Waals surface area contributed by atoms with E-state index in [4.69, 9.17) is 9.47 Å². The van der Waals surface area contributed by atoms with Gasteiger partial charge in [-0.3, -0.25) is 14.4 Å². The van der Waals surface area contributed by atoms with Gasteiger partial charge in [0.15, 0.2) is 6.61 Å². The molecule has 0 saturated heterocycles. The van der Waals surface area contributed by atoms with Crippen LogP contribution in [-0.2, 0) is 15.1 Å². The number of fused-ring (bicyclic) bond motifs is 1. The minimum atomic E-state index is -1.16. The van der Waals surface area contributed by atoms with Gasteiger partial charge in [-0.25, -0.2) is 0 Å². The van der Waals surface area contributed by atoms with Crippen LogP contribution >= 0.6 is 0 Å². The van der Waals surface area contributed by atoms with Gasteiger partial charge < -0.3 is 25.2 Å². The van der Waals surface area contributed by atoms with Crippen LogP contribution in [-0.4, -0.2) is 36.6 Å². The number of rotatable bonds is 6. The molecule has 3 rings (SSSR count). The number of aliphatic carboxylic acids is 1. The Morgan fingerprint density at radius 2 is 2.07 bits per heavy atom. The van der Waals surface area contributed by atoms with Gasteiger partial charge in [0, 0.05) is 5.56 Å². The SMILES string of the molecule is COc1cccc(C(C)(CC(=O)O)NC(=O)c2ccc3c(c2)OCC(=O)N3)c1. The lowest BCUT2D eigenvalue weighted by Crippen LogP contribution is -2.45. The lowest BCUT2D eigenvalue weighted by Gasteiger charge is -2.30. The van der Waals surface area contributed by atoms with E-state index in [-0.39, 0.29) is 24.5 Å². The second-order valence-corrected chi connectivity index (χ2v) is 6.64. The third-order valence-electron chi connectivity index (χ3n) is 4.48. The molecule has 0 fully saturated rings. The first kappa shape index (κ1) is 19.2. The van der Waals surface area contributed by atoms with Crippen molar-refractivity contribution in [3.63, 3.8) is 0 Å². The molecule has 0 aliphatic carbocycles. The predicted octanol–water partition coefficient (Wildman–Crippen LogP) is 2.15. The average Bonchev–Trinajstić information content (AvgIpc) is 2.66. The van der Waals surface area contributed by atoms with E-state index < -0.39 is 17.4 Å². The Morgan fingerprint density at radius 1 is 1.29 bits per heavy atom. The zero-order valence-electron chi connectivity index (χ0n) is 15.4. The van der Waals surface area contributed by atoms with Crippen LogP contribution in [0.3, 0.4) is 0 Å². The van der Waals surface area contributed by atoms with Crippen LogP contribution in [0.2, 0.25) is 0 Å². The van der Waals surface area contributed by atoms with Crippen LogP contribution in [0.25, 0.3) is 0 Å². The minimum Gasteiger partial charge on any atom is -0.497 e. The molecule has 2 aromatic carbocycles. The first-order valence-corrected chi connectivity index (χ1v) is 8.56. The molecule has 3 N–H and O–H groups in total. The summed E-state index contributed by atoms with van der Waals surface area (Å²) in [5.41, 5.74) is 0.204. The van der Waals surface area contributed by atoms with Crippen LogP contribution in [0.1, 0.15) is 29.3 Å². The van der Waals surface area contributed by atoms with Crippen LogP contribution in [0.15, 0.2) is 42.5 Å². The highest BCUT2D eigenvalue weighted by molar-refractivity contribution is 5.99. The van der Waals surface area contributed by atoms with Gasteiger partial charge in [0.1, 0.15) is 11.5 Å². The van der Waals surface area contributed by atoms with E-state index in [2.05, 4.69) is 10.6 Å². The summed E-state index contributed by atoms with van der Waals surface area (Å²) in [6, 6.07) is 11.5. The summed E-state index contributed by atoms with van der Waals surface area (Å²) in [5.74, 6) is -0.844. The van der Waals surface area contributed by atoms with Crippen LogP contribution < -0.4 is 20.1 Å².